The Morgan fingerprint density at radius 3 is 2.44 bits per heavy atom. The van der Waals surface area contributed by atoms with E-state index in [1.807, 2.05) is 32.0 Å². The molecule has 1 aromatic carbocycles. The molecular formula is C14H17ClN2O. The Morgan fingerprint density at radius 1 is 1.28 bits per heavy atom. The first-order valence-electron chi connectivity index (χ1n) is 5.82. The van der Waals surface area contributed by atoms with Crippen LogP contribution in [0.4, 0.5) is 0 Å². The standard InChI is InChI=1S/C14H17ClN2O/c1-9-5-6-11(7-10(9)2)14(3,18)13-12(15)8-16-17(13)4/h5-8,18H,1-4H3. The van der Waals surface area contributed by atoms with Gasteiger partial charge in [0.2, 0.25) is 0 Å². The number of nitrogens with zero attached hydrogens (tertiary/aromatic N) is 2. The molecule has 0 bridgehead atoms. The molecule has 1 unspecified atom stereocenters. The summed E-state index contributed by atoms with van der Waals surface area (Å²) in [4.78, 5) is 0. The van der Waals surface area contributed by atoms with E-state index in [0.29, 0.717) is 10.7 Å². The number of aliphatic hydroxyl groups is 1. The summed E-state index contributed by atoms with van der Waals surface area (Å²) in [6.45, 7) is 5.81. The normalized spacial score (nSPS) is 14.6. The molecule has 0 spiro atoms. The summed E-state index contributed by atoms with van der Waals surface area (Å²) in [5.74, 6) is 0. The van der Waals surface area contributed by atoms with Gasteiger partial charge in [0.1, 0.15) is 5.60 Å². The zero-order chi connectivity index (χ0) is 13.5. The Labute approximate surface area is 112 Å². The summed E-state index contributed by atoms with van der Waals surface area (Å²) in [6, 6.07) is 5.91. The van der Waals surface area contributed by atoms with Gasteiger partial charge in [0.25, 0.3) is 0 Å². The molecule has 0 amide bonds. The molecule has 0 saturated heterocycles. The first-order chi connectivity index (χ1) is 8.34. The van der Waals surface area contributed by atoms with E-state index in [2.05, 4.69) is 5.10 Å². The van der Waals surface area contributed by atoms with Gasteiger partial charge in [-0.25, -0.2) is 0 Å². The maximum atomic E-state index is 10.8. The Kier molecular flexibility index (Phi) is 3.21. The van der Waals surface area contributed by atoms with Gasteiger partial charge < -0.3 is 5.11 Å². The average molecular weight is 265 g/mol. The molecule has 4 heteroatoms. The van der Waals surface area contributed by atoms with Crippen LogP contribution in [0.15, 0.2) is 24.4 Å². The van der Waals surface area contributed by atoms with Crippen LogP contribution in [0.2, 0.25) is 5.02 Å². The summed E-state index contributed by atoms with van der Waals surface area (Å²) >= 11 is 6.11. The van der Waals surface area contributed by atoms with Gasteiger partial charge in [0.05, 0.1) is 16.9 Å². The predicted molar refractivity (Wildman–Crippen MR) is 72.8 cm³/mol. The summed E-state index contributed by atoms with van der Waals surface area (Å²) in [5.41, 5.74) is 2.61. The Balaban J connectivity index is 2.57. The van der Waals surface area contributed by atoms with E-state index in [1.165, 1.54) is 5.56 Å². The van der Waals surface area contributed by atoms with E-state index in [4.69, 9.17) is 11.6 Å². The van der Waals surface area contributed by atoms with Crippen LogP contribution >= 0.6 is 11.6 Å². The highest BCUT2D eigenvalue weighted by Gasteiger charge is 2.31. The minimum Gasteiger partial charge on any atom is -0.379 e. The number of benzene rings is 1. The van der Waals surface area contributed by atoms with Crippen LogP contribution in [0.3, 0.4) is 0 Å². The highest BCUT2D eigenvalue weighted by Crippen LogP contribution is 2.34. The van der Waals surface area contributed by atoms with Gasteiger partial charge in [0, 0.05) is 7.05 Å². The van der Waals surface area contributed by atoms with Crippen molar-refractivity contribution in [1.29, 1.82) is 0 Å². The van der Waals surface area contributed by atoms with E-state index in [0.717, 1.165) is 11.1 Å². The lowest BCUT2D eigenvalue weighted by atomic mass is 9.90. The van der Waals surface area contributed by atoms with Crippen LogP contribution in [0, 0.1) is 13.8 Å². The fourth-order valence-electron chi connectivity index (χ4n) is 2.14. The van der Waals surface area contributed by atoms with Crippen LogP contribution in [0.25, 0.3) is 0 Å². The molecule has 18 heavy (non-hydrogen) atoms. The van der Waals surface area contributed by atoms with Gasteiger partial charge in [-0.2, -0.15) is 5.10 Å². The molecule has 3 nitrogen and oxygen atoms in total. The van der Waals surface area contributed by atoms with Crippen molar-refractivity contribution in [2.75, 3.05) is 0 Å². The molecule has 2 rings (SSSR count). The zero-order valence-electron chi connectivity index (χ0n) is 11.0. The molecule has 1 aromatic heterocycles. The number of aryl methyl sites for hydroxylation is 3. The Morgan fingerprint density at radius 2 is 1.94 bits per heavy atom. The third-order valence-corrected chi connectivity index (χ3v) is 3.70. The zero-order valence-corrected chi connectivity index (χ0v) is 11.8. The van der Waals surface area contributed by atoms with Crippen molar-refractivity contribution in [1.82, 2.24) is 9.78 Å². The van der Waals surface area contributed by atoms with Crippen LogP contribution in [0.5, 0.6) is 0 Å². The van der Waals surface area contributed by atoms with Crippen molar-refractivity contribution < 1.29 is 5.11 Å². The average Bonchev–Trinajstić information content (AvgIpc) is 2.62. The van der Waals surface area contributed by atoms with Crippen molar-refractivity contribution in [2.24, 2.45) is 7.05 Å². The lowest BCUT2D eigenvalue weighted by molar-refractivity contribution is 0.0929. The molecule has 0 aliphatic rings. The second-order valence-corrected chi connectivity index (χ2v) is 5.24. The lowest BCUT2D eigenvalue weighted by Gasteiger charge is -2.25. The number of hydrogen-bond acceptors (Lipinski definition) is 2. The van der Waals surface area contributed by atoms with Gasteiger partial charge >= 0.3 is 0 Å². The van der Waals surface area contributed by atoms with Crippen LogP contribution < -0.4 is 0 Å². The number of halogens is 1. The largest absolute Gasteiger partial charge is 0.379 e. The molecule has 0 radical (unpaired) electrons. The molecule has 0 fully saturated rings. The third-order valence-electron chi connectivity index (χ3n) is 3.42. The predicted octanol–water partition coefficient (Wildman–Crippen LogP) is 2.95. The molecule has 1 heterocycles. The smallest absolute Gasteiger partial charge is 0.130 e. The fourth-order valence-corrected chi connectivity index (χ4v) is 2.49. The lowest BCUT2D eigenvalue weighted by Crippen LogP contribution is -2.26. The molecule has 1 N–H and O–H groups in total. The van der Waals surface area contributed by atoms with E-state index in [9.17, 15) is 5.11 Å². The molecule has 0 saturated carbocycles. The minimum absolute atomic E-state index is 0.473. The SMILES string of the molecule is Cc1ccc(C(C)(O)c2c(Cl)cnn2C)cc1C. The maximum absolute atomic E-state index is 10.8. The first-order valence-corrected chi connectivity index (χ1v) is 6.20. The Bertz CT molecular complexity index is 568. The molecular weight excluding hydrogens is 248 g/mol. The highest BCUT2D eigenvalue weighted by atomic mass is 35.5. The van der Waals surface area contributed by atoms with Crippen LogP contribution in [-0.2, 0) is 12.6 Å². The first kappa shape index (κ1) is 13.1. The number of hydrogen-bond donors (Lipinski definition) is 1. The van der Waals surface area contributed by atoms with E-state index in [1.54, 1.807) is 24.9 Å². The summed E-state index contributed by atoms with van der Waals surface area (Å²) in [7, 11) is 1.77. The second kappa shape index (κ2) is 4.41. The highest BCUT2D eigenvalue weighted by molar-refractivity contribution is 6.31. The molecule has 0 aliphatic carbocycles. The quantitative estimate of drug-likeness (QED) is 0.906. The van der Waals surface area contributed by atoms with Crippen molar-refractivity contribution in [3.05, 3.63) is 51.8 Å². The summed E-state index contributed by atoms with van der Waals surface area (Å²) in [5, 5.41) is 15.3. The van der Waals surface area contributed by atoms with Crippen molar-refractivity contribution in [3.8, 4) is 0 Å². The summed E-state index contributed by atoms with van der Waals surface area (Å²) in [6.07, 6.45) is 1.55. The van der Waals surface area contributed by atoms with E-state index in [-0.39, 0.29) is 0 Å². The van der Waals surface area contributed by atoms with Crippen molar-refractivity contribution in [2.45, 2.75) is 26.4 Å². The van der Waals surface area contributed by atoms with Gasteiger partial charge in [-0.3, -0.25) is 4.68 Å². The van der Waals surface area contributed by atoms with Crippen LogP contribution in [-0.4, -0.2) is 14.9 Å². The molecule has 0 aliphatic heterocycles. The second-order valence-electron chi connectivity index (χ2n) is 4.84. The topological polar surface area (TPSA) is 38.1 Å². The van der Waals surface area contributed by atoms with Gasteiger partial charge in [0.15, 0.2) is 0 Å². The van der Waals surface area contributed by atoms with Crippen LogP contribution in [0.1, 0.15) is 29.3 Å². The molecule has 2 aromatic rings. The minimum atomic E-state index is -1.15. The third kappa shape index (κ3) is 2.04. The Hall–Kier alpha value is -1.32. The summed E-state index contributed by atoms with van der Waals surface area (Å²) < 4.78 is 1.61. The van der Waals surface area contributed by atoms with Crippen molar-refractivity contribution in [3.63, 3.8) is 0 Å². The van der Waals surface area contributed by atoms with Gasteiger partial charge in [-0.1, -0.05) is 29.8 Å². The number of aromatic nitrogens is 2. The maximum Gasteiger partial charge on any atom is 0.130 e. The van der Waals surface area contributed by atoms with Gasteiger partial charge in [-0.15, -0.1) is 0 Å². The number of rotatable bonds is 2. The van der Waals surface area contributed by atoms with Gasteiger partial charge in [-0.05, 0) is 37.5 Å². The molecule has 1 atom stereocenters. The van der Waals surface area contributed by atoms with Crippen molar-refractivity contribution >= 4 is 11.6 Å². The van der Waals surface area contributed by atoms with E-state index >= 15 is 0 Å². The monoisotopic (exact) mass is 264 g/mol. The molecule has 96 valence electrons. The van der Waals surface area contributed by atoms with E-state index < -0.39 is 5.60 Å². The fraction of sp³-hybridized carbons (Fsp3) is 0.357.